The zero-order valence-electron chi connectivity index (χ0n) is 12.2. The summed E-state index contributed by atoms with van der Waals surface area (Å²) in [4.78, 5) is 0. The molecule has 0 radical (unpaired) electrons. The summed E-state index contributed by atoms with van der Waals surface area (Å²) < 4.78 is 13.2. The molecular weight excluding hydrogens is 256 g/mol. The van der Waals surface area contributed by atoms with E-state index in [0.29, 0.717) is 24.8 Å². The van der Waals surface area contributed by atoms with E-state index in [1.165, 1.54) is 5.56 Å². The number of aryl methyl sites for hydroxylation is 2. The second-order valence-electron chi connectivity index (χ2n) is 5.40. The highest BCUT2D eigenvalue weighted by atomic mass is 16.5. The molecule has 20 heavy (non-hydrogen) atoms. The van der Waals surface area contributed by atoms with Crippen molar-refractivity contribution in [3.63, 3.8) is 0 Å². The van der Waals surface area contributed by atoms with Gasteiger partial charge in [0.25, 0.3) is 0 Å². The van der Waals surface area contributed by atoms with Crippen LogP contribution in [0.25, 0.3) is 0 Å². The first-order chi connectivity index (χ1) is 9.65. The van der Waals surface area contributed by atoms with Gasteiger partial charge in [-0.1, -0.05) is 0 Å². The summed E-state index contributed by atoms with van der Waals surface area (Å²) in [5, 5.41) is 12.8. The van der Waals surface area contributed by atoms with E-state index in [9.17, 15) is 0 Å². The second-order valence-corrected chi connectivity index (χ2v) is 5.40. The lowest BCUT2D eigenvalue weighted by atomic mass is 10.0. The Morgan fingerprint density at radius 3 is 2.80 bits per heavy atom. The summed E-state index contributed by atoms with van der Waals surface area (Å²) in [6.07, 6.45) is 2.77. The van der Waals surface area contributed by atoms with Crippen LogP contribution in [0.15, 0.2) is 4.42 Å². The zero-order valence-corrected chi connectivity index (χ0v) is 12.2. The van der Waals surface area contributed by atoms with E-state index >= 15 is 0 Å². The molecule has 0 saturated carbocycles. The first-order valence-electron chi connectivity index (χ1n) is 7.04. The molecule has 6 nitrogen and oxygen atoms in total. The Kier molecular flexibility index (Phi) is 3.56. The second kappa shape index (κ2) is 5.36. The summed E-state index contributed by atoms with van der Waals surface area (Å²) in [6.45, 7) is 5.59. The van der Waals surface area contributed by atoms with Gasteiger partial charge in [-0.05, 0) is 26.7 Å². The van der Waals surface area contributed by atoms with Crippen LogP contribution in [0.2, 0.25) is 0 Å². The molecule has 1 unspecified atom stereocenters. The van der Waals surface area contributed by atoms with Crippen LogP contribution in [0.5, 0.6) is 0 Å². The molecule has 0 aliphatic carbocycles. The topological polar surface area (TPSA) is 66.0 Å². The lowest BCUT2D eigenvalue weighted by Crippen LogP contribution is -2.15. The summed E-state index contributed by atoms with van der Waals surface area (Å²) in [5.41, 5.74) is 3.33. The quantitative estimate of drug-likeness (QED) is 0.856. The Bertz CT molecular complexity index is 596. The molecule has 0 spiro atoms. The minimum Gasteiger partial charge on any atom is -0.425 e. The average Bonchev–Trinajstić information content (AvgIpc) is 3.01. The third kappa shape index (κ3) is 2.47. The van der Waals surface area contributed by atoms with Gasteiger partial charge in [-0.3, -0.25) is 4.68 Å². The fourth-order valence-electron chi connectivity index (χ4n) is 2.66. The standard InChI is InChI=1S/C14H20N4O2/c1-9-12(10(2)18(3)17-9)7-13-15-16-14(20-13)11-5-4-6-19-8-11/h11H,4-8H2,1-3H3. The molecule has 0 amide bonds. The van der Waals surface area contributed by atoms with Gasteiger partial charge in [0.1, 0.15) is 0 Å². The summed E-state index contributed by atoms with van der Waals surface area (Å²) in [5.74, 6) is 1.62. The van der Waals surface area contributed by atoms with Crippen LogP contribution in [0.3, 0.4) is 0 Å². The Morgan fingerprint density at radius 1 is 1.30 bits per heavy atom. The van der Waals surface area contributed by atoms with Crippen LogP contribution < -0.4 is 0 Å². The maximum Gasteiger partial charge on any atom is 0.221 e. The molecule has 2 aromatic heterocycles. The molecular formula is C14H20N4O2. The molecule has 1 saturated heterocycles. The van der Waals surface area contributed by atoms with Gasteiger partial charge in [-0.15, -0.1) is 10.2 Å². The van der Waals surface area contributed by atoms with Crippen molar-refractivity contribution in [1.29, 1.82) is 0 Å². The van der Waals surface area contributed by atoms with Crippen molar-refractivity contribution in [2.75, 3.05) is 13.2 Å². The number of rotatable bonds is 3. The van der Waals surface area contributed by atoms with Crippen LogP contribution in [0.4, 0.5) is 0 Å². The molecule has 1 aliphatic rings. The maximum atomic E-state index is 5.81. The van der Waals surface area contributed by atoms with Gasteiger partial charge in [0.2, 0.25) is 11.8 Å². The SMILES string of the molecule is Cc1nn(C)c(C)c1Cc1nnc(C2CCCOC2)o1. The molecule has 3 rings (SSSR count). The van der Waals surface area contributed by atoms with Crippen LogP contribution in [-0.4, -0.2) is 33.2 Å². The van der Waals surface area contributed by atoms with Gasteiger partial charge in [-0.25, -0.2) is 0 Å². The third-order valence-corrected chi connectivity index (χ3v) is 3.98. The third-order valence-electron chi connectivity index (χ3n) is 3.98. The largest absolute Gasteiger partial charge is 0.425 e. The fraction of sp³-hybridized carbons (Fsp3) is 0.643. The predicted molar refractivity (Wildman–Crippen MR) is 72.6 cm³/mol. The zero-order chi connectivity index (χ0) is 14.1. The molecule has 6 heteroatoms. The van der Waals surface area contributed by atoms with E-state index in [1.807, 2.05) is 18.7 Å². The molecule has 1 aliphatic heterocycles. The highest BCUT2D eigenvalue weighted by Crippen LogP contribution is 2.25. The normalized spacial score (nSPS) is 19.4. The lowest BCUT2D eigenvalue weighted by Gasteiger charge is -2.18. The highest BCUT2D eigenvalue weighted by molar-refractivity contribution is 5.26. The smallest absolute Gasteiger partial charge is 0.221 e. The number of nitrogens with zero attached hydrogens (tertiary/aromatic N) is 4. The summed E-state index contributed by atoms with van der Waals surface area (Å²) in [7, 11) is 1.95. The molecule has 3 heterocycles. The van der Waals surface area contributed by atoms with Crippen LogP contribution in [0.1, 0.15) is 47.5 Å². The van der Waals surface area contributed by atoms with Crippen molar-refractivity contribution in [2.45, 2.75) is 39.0 Å². The maximum absolute atomic E-state index is 5.81. The Balaban J connectivity index is 1.76. The number of ether oxygens (including phenoxy) is 1. The number of aromatic nitrogens is 4. The van der Waals surface area contributed by atoms with E-state index in [-0.39, 0.29) is 5.92 Å². The molecule has 0 N–H and O–H groups in total. The van der Waals surface area contributed by atoms with Crippen LogP contribution in [0, 0.1) is 13.8 Å². The van der Waals surface area contributed by atoms with Crippen molar-refractivity contribution in [2.24, 2.45) is 7.05 Å². The van der Waals surface area contributed by atoms with E-state index in [4.69, 9.17) is 9.15 Å². The molecule has 1 fully saturated rings. The monoisotopic (exact) mass is 276 g/mol. The Labute approximate surface area is 118 Å². The van der Waals surface area contributed by atoms with E-state index < -0.39 is 0 Å². The minimum atomic E-state index is 0.251. The van der Waals surface area contributed by atoms with Gasteiger partial charge < -0.3 is 9.15 Å². The average molecular weight is 276 g/mol. The Morgan fingerprint density at radius 2 is 2.15 bits per heavy atom. The van der Waals surface area contributed by atoms with E-state index in [2.05, 4.69) is 22.2 Å². The van der Waals surface area contributed by atoms with Crippen molar-refractivity contribution >= 4 is 0 Å². The van der Waals surface area contributed by atoms with Crippen LogP contribution in [-0.2, 0) is 18.2 Å². The summed E-state index contributed by atoms with van der Waals surface area (Å²) in [6, 6.07) is 0. The first-order valence-corrected chi connectivity index (χ1v) is 7.04. The Hall–Kier alpha value is -1.69. The van der Waals surface area contributed by atoms with Gasteiger partial charge in [0.05, 0.1) is 24.6 Å². The number of hydrogen-bond donors (Lipinski definition) is 0. The van der Waals surface area contributed by atoms with Crippen molar-refractivity contribution in [3.8, 4) is 0 Å². The summed E-state index contributed by atoms with van der Waals surface area (Å²) >= 11 is 0. The van der Waals surface area contributed by atoms with Crippen LogP contribution >= 0.6 is 0 Å². The van der Waals surface area contributed by atoms with E-state index in [0.717, 1.165) is 30.8 Å². The van der Waals surface area contributed by atoms with Gasteiger partial charge in [0, 0.05) is 24.9 Å². The minimum absolute atomic E-state index is 0.251. The molecule has 2 aromatic rings. The van der Waals surface area contributed by atoms with Crippen molar-refractivity contribution in [1.82, 2.24) is 20.0 Å². The highest BCUT2D eigenvalue weighted by Gasteiger charge is 2.22. The fourth-order valence-corrected chi connectivity index (χ4v) is 2.66. The molecule has 0 bridgehead atoms. The lowest BCUT2D eigenvalue weighted by molar-refractivity contribution is 0.0722. The molecule has 1 atom stereocenters. The van der Waals surface area contributed by atoms with Crippen molar-refractivity contribution in [3.05, 3.63) is 28.7 Å². The molecule has 108 valence electrons. The number of hydrogen-bond acceptors (Lipinski definition) is 5. The first kappa shape index (κ1) is 13.3. The predicted octanol–water partition coefficient (Wildman–Crippen LogP) is 1.90. The van der Waals surface area contributed by atoms with Gasteiger partial charge >= 0.3 is 0 Å². The van der Waals surface area contributed by atoms with Gasteiger partial charge in [0.15, 0.2) is 0 Å². The van der Waals surface area contributed by atoms with Gasteiger partial charge in [-0.2, -0.15) is 5.10 Å². The van der Waals surface area contributed by atoms with Crippen molar-refractivity contribution < 1.29 is 9.15 Å². The molecule has 0 aromatic carbocycles. The van der Waals surface area contributed by atoms with E-state index in [1.54, 1.807) is 0 Å².